The molecule has 17 heavy (non-hydrogen) atoms. The largest absolute Gasteiger partial charge is 0.310 e. The maximum atomic E-state index is 14.0. The summed E-state index contributed by atoms with van der Waals surface area (Å²) in [5.41, 5.74) is 0.703. The minimum absolute atomic E-state index is 0.112. The smallest absolute Gasteiger partial charge is 0.129 e. The highest BCUT2D eigenvalue weighted by Crippen LogP contribution is 2.43. The van der Waals surface area contributed by atoms with Gasteiger partial charge >= 0.3 is 0 Å². The Morgan fingerprint density at radius 2 is 2.24 bits per heavy atom. The second-order valence-corrected chi connectivity index (χ2v) is 5.82. The molecule has 1 aromatic rings. The number of nitrogens with one attached hydrogen (secondary N) is 1. The van der Waals surface area contributed by atoms with Gasteiger partial charge in [-0.3, -0.25) is 0 Å². The lowest BCUT2D eigenvalue weighted by atomic mass is 10.0. The van der Waals surface area contributed by atoms with Crippen LogP contribution in [0.4, 0.5) is 4.39 Å². The molecular formula is C13H16BrClFN. The van der Waals surface area contributed by atoms with E-state index in [-0.39, 0.29) is 11.9 Å². The van der Waals surface area contributed by atoms with Crippen molar-refractivity contribution in [3.63, 3.8) is 0 Å². The van der Waals surface area contributed by atoms with E-state index >= 15 is 0 Å². The molecule has 1 atom stereocenters. The molecule has 0 heterocycles. The highest BCUT2D eigenvalue weighted by Gasteiger charge is 2.33. The van der Waals surface area contributed by atoms with Crippen LogP contribution in [-0.2, 0) is 0 Å². The van der Waals surface area contributed by atoms with Gasteiger partial charge in [-0.15, -0.1) is 0 Å². The van der Waals surface area contributed by atoms with E-state index in [1.807, 2.05) is 0 Å². The van der Waals surface area contributed by atoms with Crippen LogP contribution in [0.15, 0.2) is 16.6 Å². The number of halogens is 3. The number of hydrogen-bond donors (Lipinski definition) is 1. The first-order valence-electron chi connectivity index (χ1n) is 6.01. The van der Waals surface area contributed by atoms with Crippen molar-refractivity contribution in [1.82, 2.24) is 5.32 Å². The monoisotopic (exact) mass is 319 g/mol. The molecular weight excluding hydrogens is 305 g/mol. The van der Waals surface area contributed by atoms with Gasteiger partial charge in [0.1, 0.15) is 5.82 Å². The Morgan fingerprint density at radius 3 is 2.82 bits per heavy atom. The van der Waals surface area contributed by atoms with E-state index in [4.69, 9.17) is 11.6 Å². The Bertz CT molecular complexity index is 407. The van der Waals surface area contributed by atoms with Crippen LogP contribution >= 0.6 is 27.5 Å². The summed E-state index contributed by atoms with van der Waals surface area (Å²) in [4.78, 5) is 0. The number of rotatable bonds is 5. The molecule has 1 saturated carbocycles. The molecule has 1 fully saturated rings. The molecule has 0 aliphatic heterocycles. The van der Waals surface area contributed by atoms with Crippen LogP contribution < -0.4 is 5.32 Å². The topological polar surface area (TPSA) is 12.0 Å². The van der Waals surface area contributed by atoms with Gasteiger partial charge in [-0.25, -0.2) is 4.39 Å². The van der Waals surface area contributed by atoms with Gasteiger partial charge in [0.05, 0.1) is 5.02 Å². The van der Waals surface area contributed by atoms with Gasteiger partial charge in [-0.2, -0.15) is 0 Å². The Kier molecular flexibility index (Phi) is 4.45. The maximum Gasteiger partial charge on any atom is 0.129 e. The van der Waals surface area contributed by atoms with Crippen LogP contribution in [0.1, 0.15) is 37.8 Å². The van der Waals surface area contributed by atoms with Gasteiger partial charge < -0.3 is 5.32 Å². The summed E-state index contributed by atoms with van der Waals surface area (Å²) in [6.45, 7) is 3.02. The first-order valence-corrected chi connectivity index (χ1v) is 7.18. The normalized spacial score (nSPS) is 17.2. The lowest BCUT2D eigenvalue weighted by Gasteiger charge is -2.19. The second kappa shape index (κ2) is 5.68. The van der Waals surface area contributed by atoms with Gasteiger partial charge in [0, 0.05) is 16.1 Å². The maximum absolute atomic E-state index is 14.0. The Balaban J connectivity index is 2.25. The van der Waals surface area contributed by atoms with E-state index in [1.165, 1.54) is 18.9 Å². The molecule has 0 saturated heterocycles. The van der Waals surface area contributed by atoms with Gasteiger partial charge in [0.25, 0.3) is 0 Å². The van der Waals surface area contributed by atoms with E-state index in [9.17, 15) is 4.39 Å². The van der Waals surface area contributed by atoms with Gasteiger partial charge in [0.2, 0.25) is 0 Å². The fraction of sp³-hybridized carbons (Fsp3) is 0.538. The Labute approximate surface area is 115 Å². The summed E-state index contributed by atoms with van der Waals surface area (Å²) in [7, 11) is 0. The molecule has 1 unspecified atom stereocenters. The van der Waals surface area contributed by atoms with Crippen LogP contribution in [0.25, 0.3) is 0 Å². The molecule has 4 heteroatoms. The second-order valence-electron chi connectivity index (χ2n) is 4.56. The van der Waals surface area contributed by atoms with Crippen molar-refractivity contribution in [3.05, 3.63) is 33.0 Å². The van der Waals surface area contributed by atoms with Crippen molar-refractivity contribution in [2.24, 2.45) is 5.92 Å². The quantitative estimate of drug-likeness (QED) is 0.776. The summed E-state index contributed by atoms with van der Waals surface area (Å²) in [6.07, 6.45) is 3.40. The fourth-order valence-electron chi connectivity index (χ4n) is 2.04. The van der Waals surface area contributed by atoms with Gasteiger partial charge in [-0.1, -0.05) is 18.5 Å². The minimum Gasteiger partial charge on any atom is -0.310 e. The van der Waals surface area contributed by atoms with Crippen molar-refractivity contribution in [3.8, 4) is 0 Å². The van der Waals surface area contributed by atoms with Crippen molar-refractivity contribution >= 4 is 27.5 Å². The molecule has 1 N–H and O–H groups in total. The first kappa shape index (κ1) is 13.3. The summed E-state index contributed by atoms with van der Waals surface area (Å²) in [5, 5.41) is 4.00. The minimum atomic E-state index is -0.179. The van der Waals surface area contributed by atoms with E-state index in [1.54, 1.807) is 6.07 Å². The van der Waals surface area contributed by atoms with E-state index < -0.39 is 0 Å². The molecule has 0 radical (unpaired) electrons. The molecule has 1 aliphatic rings. The standard InChI is InChI=1S/C13H16BrClFN/c1-2-5-17-13(8-3-4-8)9-6-11(15)10(14)7-12(9)16/h6-8,13,17H,2-5H2,1H3. The van der Waals surface area contributed by atoms with E-state index in [2.05, 4.69) is 28.2 Å². The highest BCUT2D eigenvalue weighted by atomic mass is 79.9. The SMILES string of the molecule is CCCNC(c1cc(Cl)c(Br)cc1F)C1CC1. The summed E-state index contributed by atoms with van der Waals surface area (Å²) < 4.78 is 14.6. The van der Waals surface area contributed by atoms with Crippen LogP contribution in [0.2, 0.25) is 5.02 Å². The molecule has 2 rings (SSSR count). The van der Waals surface area contributed by atoms with E-state index in [0.29, 0.717) is 21.0 Å². The molecule has 0 bridgehead atoms. The Hall–Kier alpha value is -0.120. The van der Waals surface area contributed by atoms with Gasteiger partial charge in [-0.05, 0) is 59.8 Å². The molecule has 0 spiro atoms. The number of hydrogen-bond acceptors (Lipinski definition) is 1. The Morgan fingerprint density at radius 1 is 1.53 bits per heavy atom. The predicted molar refractivity (Wildman–Crippen MR) is 72.9 cm³/mol. The zero-order valence-electron chi connectivity index (χ0n) is 9.77. The van der Waals surface area contributed by atoms with Crippen molar-refractivity contribution in [2.45, 2.75) is 32.2 Å². The molecule has 1 aromatic carbocycles. The average Bonchev–Trinajstić information content (AvgIpc) is 3.10. The summed E-state index contributed by atoms with van der Waals surface area (Å²) in [6, 6.07) is 3.31. The molecule has 0 amide bonds. The third kappa shape index (κ3) is 3.21. The van der Waals surface area contributed by atoms with Gasteiger partial charge in [0.15, 0.2) is 0 Å². The van der Waals surface area contributed by atoms with Crippen LogP contribution in [0.3, 0.4) is 0 Å². The van der Waals surface area contributed by atoms with Crippen molar-refractivity contribution in [2.75, 3.05) is 6.54 Å². The molecule has 94 valence electrons. The summed E-state index contributed by atoms with van der Waals surface area (Å²) >= 11 is 9.29. The van der Waals surface area contributed by atoms with Crippen LogP contribution in [-0.4, -0.2) is 6.54 Å². The summed E-state index contributed by atoms with van der Waals surface area (Å²) in [5.74, 6) is 0.384. The van der Waals surface area contributed by atoms with Crippen molar-refractivity contribution in [1.29, 1.82) is 0 Å². The molecule has 1 aliphatic carbocycles. The lowest BCUT2D eigenvalue weighted by Crippen LogP contribution is -2.24. The molecule has 1 nitrogen and oxygen atoms in total. The zero-order chi connectivity index (χ0) is 12.4. The number of benzene rings is 1. The first-order chi connectivity index (χ1) is 8.13. The fourth-order valence-corrected chi connectivity index (χ4v) is 2.52. The third-order valence-electron chi connectivity index (χ3n) is 3.08. The average molecular weight is 321 g/mol. The van der Waals surface area contributed by atoms with Crippen molar-refractivity contribution < 1.29 is 4.39 Å². The van der Waals surface area contributed by atoms with E-state index in [0.717, 1.165) is 13.0 Å². The highest BCUT2D eigenvalue weighted by molar-refractivity contribution is 9.10. The lowest BCUT2D eigenvalue weighted by molar-refractivity contribution is 0.457. The molecule has 0 aromatic heterocycles. The third-order valence-corrected chi connectivity index (χ3v) is 4.28. The zero-order valence-corrected chi connectivity index (χ0v) is 12.1. The van der Waals surface area contributed by atoms with Crippen LogP contribution in [0, 0.1) is 11.7 Å². The van der Waals surface area contributed by atoms with Crippen LogP contribution in [0.5, 0.6) is 0 Å². The predicted octanol–water partition coefficient (Wildman–Crippen LogP) is 4.69.